The normalized spacial score (nSPS) is 13.1. The zero-order chi connectivity index (χ0) is 20.0. The van der Waals surface area contributed by atoms with E-state index >= 15 is 0 Å². The Morgan fingerprint density at radius 3 is 2.22 bits per heavy atom. The van der Waals surface area contributed by atoms with Gasteiger partial charge in [0.05, 0.1) is 0 Å². The summed E-state index contributed by atoms with van der Waals surface area (Å²) >= 11 is 0. The summed E-state index contributed by atoms with van der Waals surface area (Å²) in [5.74, 6) is -0.999. The molecule has 0 heterocycles. The van der Waals surface area contributed by atoms with Crippen LogP contribution in [0.2, 0.25) is 0 Å². The number of benzene rings is 1. The molecule has 0 amide bonds. The Kier molecular flexibility index (Phi) is 12.6. The summed E-state index contributed by atoms with van der Waals surface area (Å²) in [6, 6.07) is 6.85. The van der Waals surface area contributed by atoms with Gasteiger partial charge in [0.15, 0.2) is 0 Å². The van der Waals surface area contributed by atoms with Crippen molar-refractivity contribution in [2.24, 2.45) is 5.92 Å². The number of halogens is 1. The molecule has 0 aliphatic heterocycles. The molecule has 0 spiro atoms. The van der Waals surface area contributed by atoms with E-state index in [1.165, 1.54) is 38.2 Å². The zero-order valence-electron chi connectivity index (χ0n) is 17.8. The largest absolute Gasteiger partial charge is 0.331 e. The number of methoxy groups -OCH3 is 2. The first-order valence-corrected chi connectivity index (χ1v) is 10.6. The van der Waals surface area contributed by atoms with Crippen molar-refractivity contribution in [3.8, 4) is 0 Å². The van der Waals surface area contributed by atoms with Crippen LogP contribution in [0.25, 0.3) is 0 Å². The van der Waals surface area contributed by atoms with Gasteiger partial charge in [0.2, 0.25) is 0 Å². The van der Waals surface area contributed by atoms with Gasteiger partial charge in [-0.05, 0) is 50.3 Å². The molecule has 4 heteroatoms. The Balaban J connectivity index is 2.62. The number of hydrogen-bond acceptors (Lipinski definition) is 3. The summed E-state index contributed by atoms with van der Waals surface area (Å²) in [5.41, 5.74) is 1.03. The molecule has 0 fully saturated rings. The highest BCUT2D eigenvalue weighted by Gasteiger charge is 2.39. The third kappa shape index (κ3) is 8.71. The van der Waals surface area contributed by atoms with Gasteiger partial charge in [-0.3, -0.25) is 0 Å². The summed E-state index contributed by atoms with van der Waals surface area (Å²) in [7, 11) is 3.31. The molecule has 0 saturated heterocycles. The SMILES string of the molecule is CCCCCCCCC(CCCc1cccc(F)c1)C(OC)(OC)OCC. The number of rotatable bonds is 16. The molecule has 0 saturated carbocycles. The highest BCUT2D eigenvalue weighted by molar-refractivity contribution is 5.16. The molecule has 27 heavy (non-hydrogen) atoms. The lowest BCUT2D eigenvalue weighted by Gasteiger charge is -2.37. The van der Waals surface area contributed by atoms with Crippen LogP contribution in [-0.4, -0.2) is 26.8 Å². The van der Waals surface area contributed by atoms with E-state index < -0.39 is 5.97 Å². The molecule has 0 bridgehead atoms. The van der Waals surface area contributed by atoms with E-state index in [9.17, 15) is 4.39 Å². The van der Waals surface area contributed by atoms with Crippen LogP contribution < -0.4 is 0 Å². The van der Waals surface area contributed by atoms with Gasteiger partial charge in [0, 0.05) is 26.7 Å². The van der Waals surface area contributed by atoms with E-state index in [0.29, 0.717) is 6.61 Å². The fourth-order valence-corrected chi connectivity index (χ4v) is 3.77. The molecule has 0 aliphatic carbocycles. The highest BCUT2D eigenvalue weighted by atomic mass is 19.1. The predicted octanol–water partition coefficient (Wildman–Crippen LogP) is 6.50. The van der Waals surface area contributed by atoms with Crippen LogP contribution in [0.1, 0.15) is 77.2 Å². The standard InChI is InChI=1S/C23H39FO3/c1-5-7-8-9-10-11-16-21(23(25-3,26-4)27-6-2)17-12-14-20-15-13-18-22(24)19-20/h13,15,18-19,21H,5-12,14,16-17H2,1-4H3. The number of unbranched alkanes of at least 4 members (excludes halogenated alkanes) is 5. The molecule has 1 aromatic rings. The smallest absolute Gasteiger partial charge is 0.285 e. The van der Waals surface area contributed by atoms with Crippen molar-refractivity contribution in [2.45, 2.75) is 84.0 Å². The maximum absolute atomic E-state index is 13.4. The van der Waals surface area contributed by atoms with Gasteiger partial charge in [-0.15, -0.1) is 0 Å². The maximum Gasteiger partial charge on any atom is 0.285 e. The number of hydrogen-bond donors (Lipinski definition) is 0. The Morgan fingerprint density at radius 1 is 0.926 bits per heavy atom. The van der Waals surface area contributed by atoms with Crippen LogP contribution >= 0.6 is 0 Å². The van der Waals surface area contributed by atoms with E-state index in [0.717, 1.165) is 37.7 Å². The average Bonchev–Trinajstić information content (AvgIpc) is 2.67. The summed E-state index contributed by atoms with van der Waals surface area (Å²) in [4.78, 5) is 0. The quantitative estimate of drug-likeness (QED) is 0.241. The molecule has 3 nitrogen and oxygen atoms in total. The fraction of sp³-hybridized carbons (Fsp3) is 0.739. The minimum absolute atomic E-state index is 0.159. The van der Waals surface area contributed by atoms with E-state index in [1.807, 2.05) is 13.0 Å². The van der Waals surface area contributed by atoms with Crippen LogP contribution in [0, 0.1) is 11.7 Å². The van der Waals surface area contributed by atoms with Crippen molar-refractivity contribution in [2.75, 3.05) is 20.8 Å². The molecule has 0 N–H and O–H groups in total. The van der Waals surface area contributed by atoms with Gasteiger partial charge in [-0.25, -0.2) is 4.39 Å². The average molecular weight is 383 g/mol. The van der Waals surface area contributed by atoms with Crippen molar-refractivity contribution in [3.05, 3.63) is 35.6 Å². The van der Waals surface area contributed by atoms with Crippen molar-refractivity contribution in [1.29, 1.82) is 0 Å². The minimum Gasteiger partial charge on any atom is -0.331 e. The van der Waals surface area contributed by atoms with E-state index in [2.05, 4.69) is 6.92 Å². The van der Waals surface area contributed by atoms with Gasteiger partial charge in [-0.1, -0.05) is 57.6 Å². The second-order valence-corrected chi connectivity index (χ2v) is 7.22. The second-order valence-electron chi connectivity index (χ2n) is 7.22. The van der Waals surface area contributed by atoms with Crippen LogP contribution in [0.3, 0.4) is 0 Å². The van der Waals surface area contributed by atoms with Crippen molar-refractivity contribution < 1.29 is 18.6 Å². The molecule has 1 unspecified atom stereocenters. The van der Waals surface area contributed by atoms with Crippen molar-refractivity contribution in [1.82, 2.24) is 0 Å². The fourth-order valence-electron chi connectivity index (χ4n) is 3.77. The monoisotopic (exact) mass is 382 g/mol. The Labute approximate surface area is 165 Å². The van der Waals surface area contributed by atoms with Gasteiger partial charge in [-0.2, -0.15) is 0 Å². The van der Waals surface area contributed by atoms with Gasteiger partial charge in [0.25, 0.3) is 5.97 Å². The van der Waals surface area contributed by atoms with Crippen LogP contribution in [-0.2, 0) is 20.6 Å². The second kappa shape index (κ2) is 14.1. The molecule has 1 aromatic carbocycles. The third-order valence-electron chi connectivity index (χ3n) is 5.23. The van der Waals surface area contributed by atoms with E-state index in [-0.39, 0.29) is 11.7 Å². The van der Waals surface area contributed by atoms with Crippen molar-refractivity contribution >= 4 is 0 Å². The lowest BCUT2D eigenvalue weighted by atomic mass is 9.91. The molecule has 156 valence electrons. The highest BCUT2D eigenvalue weighted by Crippen LogP contribution is 2.33. The molecule has 0 aliphatic rings. The Bertz CT molecular complexity index is 488. The maximum atomic E-state index is 13.4. The Morgan fingerprint density at radius 2 is 1.59 bits per heavy atom. The molecular formula is C23H39FO3. The van der Waals surface area contributed by atoms with Gasteiger partial charge >= 0.3 is 0 Å². The summed E-state index contributed by atoms with van der Waals surface area (Å²) in [5, 5.41) is 0. The number of aryl methyl sites for hydroxylation is 1. The lowest BCUT2D eigenvalue weighted by molar-refractivity contribution is -0.388. The van der Waals surface area contributed by atoms with Gasteiger partial charge in [0.1, 0.15) is 5.82 Å². The van der Waals surface area contributed by atoms with Crippen LogP contribution in [0.15, 0.2) is 24.3 Å². The Hall–Kier alpha value is -0.970. The van der Waals surface area contributed by atoms with Crippen LogP contribution in [0.4, 0.5) is 4.39 Å². The molecule has 1 atom stereocenters. The zero-order valence-corrected chi connectivity index (χ0v) is 17.8. The van der Waals surface area contributed by atoms with Crippen LogP contribution in [0.5, 0.6) is 0 Å². The molecule has 0 radical (unpaired) electrons. The van der Waals surface area contributed by atoms with Crippen molar-refractivity contribution in [3.63, 3.8) is 0 Å². The van der Waals surface area contributed by atoms with Gasteiger partial charge < -0.3 is 14.2 Å². The first kappa shape index (κ1) is 24.1. The molecule has 0 aromatic heterocycles. The summed E-state index contributed by atoms with van der Waals surface area (Å²) in [6.45, 7) is 4.74. The predicted molar refractivity (Wildman–Crippen MR) is 109 cm³/mol. The molecule has 1 rings (SSSR count). The van der Waals surface area contributed by atoms with E-state index in [4.69, 9.17) is 14.2 Å². The lowest BCUT2D eigenvalue weighted by Crippen LogP contribution is -2.45. The first-order valence-electron chi connectivity index (χ1n) is 10.6. The first-order chi connectivity index (χ1) is 13.1. The summed E-state index contributed by atoms with van der Waals surface area (Å²) < 4.78 is 30.7. The minimum atomic E-state index is -0.986. The molecular weight excluding hydrogens is 343 g/mol. The van der Waals surface area contributed by atoms with E-state index in [1.54, 1.807) is 26.4 Å². The number of ether oxygens (including phenoxy) is 3. The summed E-state index contributed by atoms with van der Waals surface area (Å²) in [6.07, 6.45) is 11.3. The third-order valence-corrected chi connectivity index (χ3v) is 5.23. The topological polar surface area (TPSA) is 27.7 Å².